The second-order valence-corrected chi connectivity index (χ2v) is 4.49. The van der Waals surface area contributed by atoms with Gasteiger partial charge in [0.05, 0.1) is 17.6 Å². The molecule has 5 nitrogen and oxygen atoms in total. The van der Waals surface area contributed by atoms with Gasteiger partial charge in [0.25, 0.3) is 0 Å². The number of benzene rings is 2. The van der Waals surface area contributed by atoms with E-state index in [2.05, 4.69) is 10.3 Å². The largest absolute Gasteiger partial charge is 0.478 e. The molecular weight excluding hydrogens is 280 g/mol. The lowest BCUT2D eigenvalue weighted by Crippen LogP contribution is -2.04. The van der Waals surface area contributed by atoms with Crippen molar-refractivity contribution in [3.8, 4) is 0 Å². The lowest BCUT2D eigenvalue weighted by Gasteiger charge is -2.04. The number of halogens is 2. The Morgan fingerprint density at radius 1 is 1.19 bits per heavy atom. The molecule has 3 rings (SSSR count). The summed E-state index contributed by atoms with van der Waals surface area (Å²) in [6.45, 7) is 0.00646. The topological polar surface area (TPSA) is 68.0 Å². The number of aromatic carboxylic acids is 1. The Kier molecular flexibility index (Phi) is 3.09. The maximum absolute atomic E-state index is 13.6. The molecule has 0 fully saturated rings. The monoisotopic (exact) mass is 289 g/mol. The van der Waals surface area contributed by atoms with Crippen LogP contribution in [-0.4, -0.2) is 26.1 Å². The molecule has 2 aromatic carbocycles. The van der Waals surface area contributed by atoms with Crippen molar-refractivity contribution in [3.05, 3.63) is 59.2 Å². The van der Waals surface area contributed by atoms with Crippen LogP contribution in [0.15, 0.2) is 36.4 Å². The van der Waals surface area contributed by atoms with Gasteiger partial charge in [-0.2, -0.15) is 0 Å². The van der Waals surface area contributed by atoms with E-state index in [1.165, 1.54) is 22.9 Å². The van der Waals surface area contributed by atoms with Crippen LogP contribution in [0.2, 0.25) is 0 Å². The molecule has 0 amide bonds. The Bertz CT molecular complexity index is 845. The Morgan fingerprint density at radius 2 is 2.00 bits per heavy atom. The molecule has 7 heteroatoms. The van der Waals surface area contributed by atoms with Crippen LogP contribution in [0.1, 0.15) is 15.9 Å². The molecule has 0 aliphatic heterocycles. The highest BCUT2D eigenvalue weighted by molar-refractivity contribution is 5.92. The third kappa shape index (κ3) is 2.45. The van der Waals surface area contributed by atoms with Gasteiger partial charge in [0.1, 0.15) is 17.2 Å². The summed E-state index contributed by atoms with van der Waals surface area (Å²) in [6.07, 6.45) is 0. The number of nitrogens with zero attached hydrogens (tertiary/aromatic N) is 3. The van der Waals surface area contributed by atoms with Crippen LogP contribution < -0.4 is 0 Å². The average Bonchev–Trinajstić information content (AvgIpc) is 2.85. The number of hydrogen-bond acceptors (Lipinski definition) is 3. The standard InChI is InChI=1S/C14H9F2N3O2/c15-10-2-3-11(16)9(5-10)7-19-13-4-1-8(14(20)21)6-12(13)17-18-19/h1-6H,7H2,(H,20,21). The molecule has 0 atom stereocenters. The Morgan fingerprint density at radius 3 is 2.76 bits per heavy atom. The minimum Gasteiger partial charge on any atom is -0.478 e. The van der Waals surface area contributed by atoms with Crippen molar-refractivity contribution < 1.29 is 18.7 Å². The maximum Gasteiger partial charge on any atom is 0.335 e. The minimum absolute atomic E-state index is 0.00646. The molecule has 0 unspecified atom stereocenters. The van der Waals surface area contributed by atoms with Crippen molar-refractivity contribution in [2.24, 2.45) is 0 Å². The van der Waals surface area contributed by atoms with Gasteiger partial charge in [0.15, 0.2) is 0 Å². The zero-order chi connectivity index (χ0) is 15.0. The number of rotatable bonds is 3. The van der Waals surface area contributed by atoms with Crippen molar-refractivity contribution in [3.63, 3.8) is 0 Å². The molecule has 21 heavy (non-hydrogen) atoms. The fourth-order valence-corrected chi connectivity index (χ4v) is 2.05. The first-order valence-corrected chi connectivity index (χ1v) is 6.05. The van der Waals surface area contributed by atoms with Gasteiger partial charge >= 0.3 is 5.97 Å². The average molecular weight is 289 g/mol. The predicted octanol–water partition coefficient (Wildman–Crippen LogP) is 2.46. The lowest BCUT2D eigenvalue weighted by atomic mass is 10.2. The third-order valence-corrected chi connectivity index (χ3v) is 3.09. The summed E-state index contributed by atoms with van der Waals surface area (Å²) >= 11 is 0. The molecule has 0 saturated carbocycles. The quantitative estimate of drug-likeness (QED) is 0.804. The van der Waals surface area contributed by atoms with Gasteiger partial charge in [-0.05, 0) is 36.4 Å². The Hall–Kier alpha value is -2.83. The van der Waals surface area contributed by atoms with Crippen LogP contribution in [-0.2, 0) is 6.54 Å². The summed E-state index contributed by atoms with van der Waals surface area (Å²) in [7, 11) is 0. The van der Waals surface area contributed by atoms with Gasteiger partial charge in [-0.15, -0.1) is 5.10 Å². The van der Waals surface area contributed by atoms with E-state index < -0.39 is 17.6 Å². The van der Waals surface area contributed by atoms with Crippen molar-refractivity contribution in [2.75, 3.05) is 0 Å². The second kappa shape index (κ2) is 4.93. The van der Waals surface area contributed by atoms with Crippen LogP contribution in [0.25, 0.3) is 11.0 Å². The number of fused-ring (bicyclic) bond motifs is 1. The first kappa shape index (κ1) is 13.2. The van der Waals surface area contributed by atoms with E-state index >= 15 is 0 Å². The van der Waals surface area contributed by atoms with Gasteiger partial charge in [-0.1, -0.05) is 5.21 Å². The number of aromatic nitrogens is 3. The van der Waals surface area contributed by atoms with E-state index in [1.54, 1.807) is 0 Å². The fourth-order valence-electron chi connectivity index (χ4n) is 2.05. The van der Waals surface area contributed by atoms with E-state index in [0.29, 0.717) is 11.0 Å². The van der Waals surface area contributed by atoms with Crippen LogP contribution in [0.4, 0.5) is 8.78 Å². The second-order valence-electron chi connectivity index (χ2n) is 4.49. The van der Waals surface area contributed by atoms with Gasteiger partial charge in [-0.3, -0.25) is 0 Å². The van der Waals surface area contributed by atoms with Crippen molar-refractivity contribution >= 4 is 17.0 Å². The first-order chi connectivity index (χ1) is 10.0. The van der Waals surface area contributed by atoms with E-state index in [4.69, 9.17) is 5.11 Å². The number of carboxylic acid groups (broad SMARTS) is 1. The van der Waals surface area contributed by atoms with Crippen molar-refractivity contribution in [1.29, 1.82) is 0 Å². The Balaban J connectivity index is 2.01. The minimum atomic E-state index is -1.07. The molecule has 1 heterocycles. The van der Waals surface area contributed by atoms with E-state index in [9.17, 15) is 13.6 Å². The van der Waals surface area contributed by atoms with Gasteiger partial charge in [0, 0.05) is 5.56 Å². The van der Waals surface area contributed by atoms with Gasteiger partial charge < -0.3 is 5.11 Å². The highest BCUT2D eigenvalue weighted by atomic mass is 19.1. The molecule has 0 saturated heterocycles. The van der Waals surface area contributed by atoms with Crippen LogP contribution in [0.3, 0.4) is 0 Å². The Labute approximate surface area is 117 Å². The molecule has 1 N–H and O–H groups in total. The summed E-state index contributed by atoms with van der Waals surface area (Å²) in [5.41, 5.74) is 1.16. The zero-order valence-corrected chi connectivity index (χ0v) is 10.6. The molecule has 0 bridgehead atoms. The SMILES string of the molecule is O=C(O)c1ccc2c(c1)nnn2Cc1cc(F)ccc1F. The highest BCUT2D eigenvalue weighted by Crippen LogP contribution is 2.17. The summed E-state index contributed by atoms with van der Waals surface area (Å²) in [5.74, 6) is -2.14. The molecule has 3 aromatic rings. The third-order valence-electron chi connectivity index (χ3n) is 3.09. The normalized spacial score (nSPS) is 11.0. The molecular formula is C14H9F2N3O2. The smallest absolute Gasteiger partial charge is 0.335 e. The molecule has 0 radical (unpaired) electrons. The van der Waals surface area contributed by atoms with Crippen LogP contribution in [0.5, 0.6) is 0 Å². The molecule has 0 spiro atoms. The number of carboxylic acids is 1. The van der Waals surface area contributed by atoms with Crippen molar-refractivity contribution in [1.82, 2.24) is 15.0 Å². The summed E-state index contributed by atoms with van der Waals surface area (Å²) in [5, 5.41) is 16.6. The van der Waals surface area contributed by atoms with Gasteiger partial charge in [-0.25, -0.2) is 18.3 Å². The first-order valence-electron chi connectivity index (χ1n) is 6.05. The lowest BCUT2D eigenvalue weighted by molar-refractivity contribution is 0.0697. The van der Waals surface area contributed by atoms with E-state index in [0.717, 1.165) is 18.2 Å². The van der Waals surface area contributed by atoms with E-state index in [1.807, 2.05) is 0 Å². The maximum atomic E-state index is 13.6. The van der Waals surface area contributed by atoms with Crippen molar-refractivity contribution in [2.45, 2.75) is 6.54 Å². The van der Waals surface area contributed by atoms with Crippen LogP contribution in [0, 0.1) is 11.6 Å². The summed E-state index contributed by atoms with van der Waals surface area (Å²) in [6, 6.07) is 7.50. The zero-order valence-electron chi connectivity index (χ0n) is 10.6. The van der Waals surface area contributed by atoms with Gasteiger partial charge in [0.2, 0.25) is 0 Å². The number of carbonyl (C=O) groups is 1. The predicted molar refractivity (Wildman–Crippen MR) is 69.9 cm³/mol. The molecule has 0 aliphatic carbocycles. The van der Waals surface area contributed by atoms with Crippen LogP contribution >= 0.6 is 0 Å². The molecule has 0 aliphatic rings. The van der Waals surface area contributed by atoms with E-state index in [-0.39, 0.29) is 17.7 Å². The molecule has 106 valence electrons. The fraction of sp³-hybridized carbons (Fsp3) is 0.0714. The summed E-state index contributed by atoms with van der Waals surface area (Å²) in [4.78, 5) is 10.9. The number of hydrogen-bond donors (Lipinski definition) is 1. The summed E-state index contributed by atoms with van der Waals surface area (Å²) < 4.78 is 28.2. The molecule has 1 aromatic heterocycles. The highest BCUT2D eigenvalue weighted by Gasteiger charge is 2.11.